The Balaban J connectivity index is 2.07. The lowest BCUT2D eigenvalue weighted by molar-refractivity contribution is -0.141. The topological polar surface area (TPSA) is 67.9 Å². The molecule has 2 amide bonds. The number of benzene rings is 2. The SMILES string of the molecule is CCC(C)NC(=O)C(CC)N(Cc1ccc(OC)cc1)C(=O)CCCOc1ccc(C)cc1. The molecule has 0 saturated heterocycles. The van der Waals surface area contributed by atoms with Crippen LogP contribution < -0.4 is 14.8 Å². The maximum absolute atomic E-state index is 13.3. The zero-order valence-electron chi connectivity index (χ0n) is 20.6. The summed E-state index contributed by atoms with van der Waals surface area (Å²) in [7, 11) is 1.62. The molecule has 2 atom stereocenters. The molecule has 0 radical (unpaired) electrons. The average molecular weight is 455 g/mol. The van der Waals surface area contributed by atoms with Crippen molar-refractivity contribution in [3.63, 3.8) is 0 Å². The van der Waals surface area contributed by atoms with Gasteiger partial charge in [0.15, 0.2) is 0 Å². The molecule has 180 valence electrons. The molecular formula is C27H38N2O4. The molecule has 0 aromatic heterocycles. The maximum atomic E-state index is 13.3. The minimum Gasteiger partial charge on any atom is -0.497 e. The number of carbonyl (C=O) groups excluding carboxylic acids is 2. The van der Waals surface area contributed by atoms with E-state index in [2.05, 4.69) is 5.32 Å². The van der Waals surface area contributed by atoms with Crippen LogP contribution in [-0.4, -0.2) is 42.5 Å². The van der Waals surface area contributed by atoms with Gasteiger partial charge in [-0.1, -0.05) is 43.7 Å². The number of carbonyl (C=O) groups is 2. The van der Waals surface area contributed by atoms with Gasteiger partial charge in [0.25, 0.3) is 0 Å². The lowest BCUT2D eigenvalue weighted by atomic mass is 10.1. The number of rotatable bonds is 13. The highest BCUT2D eigenvalue weighted by molar-refractivity contribution is 5.87. The number of hydrogen-bond acceptors (Lipinski definition) is 4. The fourth-order valence-corrected chi connectivity index (χ4v) is 3.48. The molecule has 1 N–H and O–H groups in total. The highest BCUT2D eigenvalue weighted by Crippen LogP contribution is 2.18. The summed E-state index contributed by atoms with van der Waals surface area (Å²) in [6.45, 7) is 8.79. The molecule has 0 fully saturated rings. The van der Waals surface area contributed by atoms with E-state index in [1.165, 1.54) is 5.56 Å². The Bertz CT molecular complexity index is 865. The van der Waals surface area contributed by atoms with Gasteiger partial charge >= 0.3 is 0 Å². The third kappa shape index (κ3) is 8.44. The fraction of sp³-hybridized carbons (Fsp3) is 0.481. The van der Waals surface area contributed by atoms with Gasteiger partial charge in [-0.05, 0) is 62.9 Å². The van der Waals surface area contributed by atoms with E-state index in [0.29, 0.717) is 32.4 Å². The van der Waals surface area contributed by atoms with Crippen molar-refractivity contribution in [3.05, 3.63) is 59.7 Å². The predicted octanol–water partition coefficient (Wildman–Crippen LogP) is 4.88. The Morgan fingerprint density at radius 2 is 1.61 bits per heavy atom. The zero-order chi connectivity index (χ0) is 24.2. The van der Waals surface area contributed by atoms with Gasteiger partial charge in [-0.2, -0.15) is 0 Å². The summed E-state index contributed by atoms with van der Waals surface area (Å²) in [5, 5.41) is 3.04. The van der Waals surface area contributed by atoms with E-state index in [1.54, 1.807) is 12.0 Å². The molecule has 2 unspecified atom stereocenters. The van der Waals surface area contributed by atoms with E-state index in [0.717, 1.165) is 23.5 Å². The van der Waals surface area contributed by atoms with E-state index < -0.39 is 6.04 Å². The molecule has 6 heteroatoms. The second-order valence-electron chi connectivity index (χ2n) is 8.38. The Kier molecular flexibility index (Phi) is 10.7. The van der Waals surface area contributed by atoms with E-state index in [-0.39, 0.29) is 17.9 Å². The van der Waals surface area contributed by atoms with Crippen LogP contribution in [0.15, 0.2) is 48.5 Å². The van der Waals surface area contributed by atoms with Crippen LogP contribution in [-0.2, 0) is 16.1 Å². The van der Waals surface area contributed by atoms with Crippen LogP contribution in [0, 0.1) is 6.92 Å². The Labute approximate surface area is 198 Å². The third-order valence-corrected chi connectivity index (χ3v) is 5.72. The van der Waals surface area contributed by atoms with Crippen molar-refractivity contribution in [2.24, 2.45) is 0 Å². The molecule has 0 aliphatic rings. The standard InChI is InChI=1S/C27H38N2O4/c1-6-21(4)28-27(31)25(7-2)29(19-22-12-16-23(32-5)17-13-22)26(30)9-8-18-33-24-14-10-20(3)11-15-24/h10-17,21,25H,6-9,18-19H2,1-5H3,(H,28,31). The maximum Gasteiger partial charge on any atom is 0.243 e. The van der Waals surface area contributed by atoms with Crippen molar-refractivity contribution in [2.75, 3.05) is 13.7 Å². The van der Waals surface area contributed by atoms with E-state index in [1.807, 2.05) is 76.2 Å². The number of ether oxygens (including phenoxy) is 2. The summed E-state index contributed by atoms with van der Waals surface area (Å²) < 4.78 is 11.0. The summed E-state index contributed by atoms with van der Waals surface area (Å²) in [5.74, 6) is 1.39. The summed E-state index contributed by atoms with van der Waals surface area (Å²) >= 11 is 0. The molecule has 2 aromatic carbocycles. The van der Waals surface area contributed by atoms with Crippen LogP contribution in [0.4, 0.5) is 0 Å². The minimum absolute atomic E-state index is 0.0514. The Hall–Kier alpha value is -3.02. The summed E-state index contributed by atoms with van der Waals surface area (Å²) in [6, 6.07) is 15.0. The largest absolute Gasteiger partial charge is 0.497 e. The normalized spacial score (nSPS) is 12.5. The van der Waals surface area contributed by atoms with Crippen molar-refractivity contribution in [3.8, 4) is 11.5 Å². The van der Waals surface area contributed by atoms with E-state index in [9.17, 15) is 9.59 Å². The third-order valence-electron chi connectivity index (χ3n) is 5.72. The van der Waals surface area contributed by atoms with Crippen molar-refractivity contribution >= 4 is 11.8 Å². The number of methoxy groups -OCH3 is 1. The van der Waals surface area contributed by atoms with Crippen LogP contribution in [0.2, 0.25) is 0 Å². The Morgan fingerprint density at radius 3 is 2.18 bits per heavy atom. The van der Waals surface area contributed by atoms with E-state index >= 15 is 0 Å². The predicted molar refractivity (Wildman–Crippen MR) is 131 cm³/mol. The Morgan fingerprint density at radius 1 is 0.970 bits per heavy atom. The first-order valence-electron chi connectivity index (χ1n) is 11.8. The second kappa shape index (κ2) is 13.5. The number of aryl methyl sites for hydroxylation is 1. The summed E-state index contributed by atoms with van der Waals surface area (Å²) in [6.07, 6.45) is 2.28. The lowest BCUT2D eigenvalue weighted by Crippen LogP contribution is -2.50. The summed E-state index contributed by atoms with van der Waals surface area (Å²) in [5.41, 5.74) is 2.13. The van der Waals surface area contributed by atoms with Gasteiger partial charge in [0.05, 0.1) is 13.7 Å². The first-order chi connectivity index (χ1) is 15.9. The molecule has 33 heavy (non-hydrogen) atoms. The van der Waals surface area contributed by atoms with Gasteiger partial charge in [-0.15, -0.1) is 0 Å². The lowest BCUT2D eigenvalue weighted by Gasteiger charge is -2.31. The molecular weight excluding hydrogens is 416 g/mol. The van der Waals surface area contributed by atoms with Crippen LogP contribution in [0.3, 0.4) is 0 Å². The second-order valence-corrected chi connectivity index (χ2v) is 8.38. The molecule has 0 aliphatic heterocycles. The van der Waals surface area contributed by atoms with Crippen LogP contribution in [0.5, 0.6) is 11.5 Å². The fourth-order valence-electron chi connectivity index (χ4n) is 3.48. The average Bonchev–Trinajstić information content (AvgIpc) is 2.82. The highest BCUT2D eigenvalue weighted by atomic mass is 16.5. The number of hydrogen-bond donors (Lipinski definition) is 1. The molecule has 0 heterocycles. The van der Waals surface area contributed by atoms with Gasteiger partial charge in [0, 0.05) is 19.0 Å². The van der Waals surface area contributed by atoms with Gasteiger partial charge in [0.1, 0.15) is 17.5 Å². The van der Waals surface area contributed by atoms with Crippen LogP contribution in [0.1, 0.15) is 57.6 Å². The van der Waals surface area contributed by atoms with Crippen molar-refractivity contribution in [2.45, 2.75) is 72.0 Å². The molecule has 2 rings (SSSR count). The molecule has 6 nitrogen and oxygen atoms in total. The van der Waals surface area contributed by atoms with Crippen molar-refractivity contribution < 1.29 is 19.1 Å². The number of amides is 2. The molecule has 0 aliphatic carbocycles. The number of nitrogens with one attached hydrogen (secondary N) is 1. The van der Waals surface area contributed by atoms with E-state index in [4.69, 9.17) is 9.47 Å². The van der Waals surface area contributed by atoms with Crippen molar-refractivity contribution in [1.29, 1.82) is 0 Å². The summed E-state index contributed by atoms with van der Waals surface area (Å²) in [4.78, 5) is 27.9. The van der Waals surface area contributed by atoms with Crippen LogP contribution in [0.25, 0.3) is 0 Å². The monoisotopic (exact) mass is 454 g/mol. The highest BCUT2D eigenvalue weighted by Gasteiger charge is 2.28. The first kappa shape index (κ1) is 26.2. The van der Waals surface area contributed by atoms with Gasteiger partial charge in [-0.25, -0.2) is 0 Å². The molecule has 0 saturated carbocycles. The molecule has 0 spiro atoms. The first-order valence-corrected chi connectivity index (χ1v) is 11.8. The molecule has 0 bridgehead atoms. The molecule has 2 aromatic rings. The van der Waals surface area contributed by atoms with Gasteiger partial charge in [-0.3, -0.25) is 9.59 Å². The zero-order valence-corrected chi connectivity index (χ0v) is 20.6. The van der Waals surface area contributed by atoms with Gasteiger partial charge < -0.3 is 19.7 Å². The minimum atomic E-state index is -0.522. The van der Waals surface area contributed by atoms with Gasteiger partial charge in [0.2, 0.25) is 11.8 Å². The van der Waals surface area contributed by atoms with Crippen LogP contribution >= 0.6 is 0 Å². The quantitative estimate of drug-likeness (QED) is 0.438. The smallest absolute Gasteiger partial charge is 0.243 e. The van der Waals surface area contributed by atoms with Crippen molar-refractivity contribution in [1.82, 2.24) is 10.2 Å². The number of nitrogens with zero attached hydrogens (tertiary/aromatic N) is 1.